The molecule has 1 fully saturated rings. The molecule has 6 heteroatoms. The molecule has 0 aromatic heterocycles. The van der Waals surface area contributed by atoms with Crippen LogP contribution in [-0.4, -0.2) is 25.0 Å². The second-order valence-electron chi connectivity index (χ2n) is 5.68. The van der Waals surface area contributed by atoms with Crippen LogP contribution in [0.5, 0.6) is 0 Å². The zero-order valence-corrected chi connectivity index (χ0v) is 13.4. The Labute approximate surface area is 135 Å². The van der Waals surface area contributed by atoms with Gasteiger partial charge in [-0.05, 0) is 38.0 Å². The van der Waals surface area contributed by atoms with Gasteiger partial charge in [-0.2, -0.15) is 0 Å². The van der Waals surface area contributed by atoms with Gasteiger partial charge in [0.25, 0.3) is 0 Å². The number of amides is 1. The minimum Gasteiger partial charge on any atom is -0.465 e. The number of benzene rings is 1. The highest BCUT2D eigenvalue weighted by atomic mass is 19.1. The van der Waals surface area contributed by atoms with E-state index in [4.69, 9.17) is 4.74 Å². The number of hydrogen-bond donors (Lipinski definition) is 2. The van der Waals surface area contributed by atoms with E-state index in [0.29, 0.717) is 12.3 Å². The van der Waals surface area contributed by atoms with E-state index >= 15 is 0 Å². The van der Waals surface area contributed by atoms with Gasteiger partial charge in [-0.25, -0.2) is 4.39 Å². The molecule has 1 aliphatic rings. The van der Waals surface area contributed by atoms with Crippen molar-refractivity contribution in [2.75, 3.05) is 23.8 Å². The molecule has 0 radical (unpaired) electrons. The Bertz CT molecular complexity index is 557. The predicted molar refractivity (Wildman–Crippen MR) is 86.7 cm³/mol. The number of rotatable bonds is 6. The van der Waals surface area contributed by atoms with E-state index in [2.05, 4.69) is 10.6 Å². The lowest BCUT2D eigenvalue weighted by molar-refractivity contribution is -0.140. The summed E-state index contributed by atoms with van der Waals surface area (Å²) in [7, 11) is 0. The van der Waals surface area contributed by atoms with Crippen molar-refractivity contribution in [1.29, 1.82) is 0 Å². The third kappa shape index (κ3) is 5.23. The van der Waals surface area contributed by atoms with Crippen LogP contribution in [0.15, 0.2) is 18.2 Å². The first kappa shape index (κ1) is 17.2. The fourth-order valence-corrected chi connectivity index (χ4v) is 2.72. The van der Waals surface area contributed by atoms with Gasteiger partial charge in [0.05, 0.1) is 12.3 Å². The van der Waals surface area contributed by atoms with Gasteiger partial charge in [-0.3, -0.25) is 9.59 Å². The van der Waals surface area contributed by atoms with E-state index in [1.807, 2.05) is 0 Å². The summed E-state index contributed by atoms with van der Waals surface area (Å²) in [4.78, 5) is 23.5. The van der Waals surface area contributed by atoms with Gasteiger partial charge in [-0.15, -0.1) is 0 Å². The van der Waals surface area contributed by atoms with E-state index in [9.17, 15) is 14.0 Å². The largest absolute Gasteiger partial charge is 0.465 e. The van der Waals surface area contributed by atoms with Crippen LogP contribution in [0.3, 0.4) is 0 Å². The van der Waals surface area contributed by atoms with E-state index in [1.54, 1.807) is 6.92 Å². The van der Waals surface area contributed by atoms with Crippen LogP contribution in [0.2, 0.25) is 0 Å². The molecule has 0 unspecified atom stereocenters. The Hall–Kier alpha value is -2.11. The van der Waals surface area contributed by atoms with Crippen LogP contribution in [0, 0.1) is 11.7 Å². The topological polar surface area (TPSA) is 67.4 Å². The molecule has 1 amide bonds. The minimum atomic E-state index is -0.490. The number of ether oxygens (including phenoxy) is 1. The zero-order valence-electron chi connectivity index (χ0n) is 13.4. The predicted octanol–water partition coefficient (Wildman–Crippen LogP) is 3.32. The van der Waals surface area contributed by atoms with Crippen molar-refractivity contribution in [2.45, 2.75) is 39.0 Å². The first-order valence-corrected chi connectivity index (χ1v) is 8.10. The molecule has 1 aliphatic carbocycles. The molecule has 0 aliphatic heterocycles. The maximum absolute atomic E-state index is 13.9. The number of hydrogen-bond acceptors (Lipinski definition) is 4. The monoisotopic (exact) mass is 322 g/mol. The normalized spacial score (nSPS) is 15.0. The Balaban J connectivity index is 1.96. The van der Waals surface area contributed by atoms with Gasteiger partial charge >= 0.3 is 5.97 Å². The highest BCUT2D eigenvalue weighted by Gasteiger charge is 2.22. The summed E-state index contributed by atoms with van der Waals surface area (Å²) in [6, 6.07) is 4.28. The maximum Gasteiger partial charge on any atom is 0.325 e. The lowest BCUT2D eigenvalue weighted by Crippen LogP contribution is -2.25. The number of anilines is 2. The fourth-order valence-electron chi connectivity index (χ4n) is 2.72. The molecular weight excluding hydrogens is 299 g/mol. The summed E-state index contributed by atoms with van der Waals surface area (Å²) in [6.45, 7) is 2.04. The summed E-state index contributed by atoms with van der Waals surface area (Å²) in [5, 5.41) is 5.52. The number of carbonyl (C=O) groups excluding carboxylic acids is 2. The molecule has 1 aromatic carbocycles. The summed E-state index contributed by atoms with van der Waals surface area (Å²) >= 11 is 0. The van der Waals surface area contributed by atoms with Gasteiger partial charge in [-0.1, -0.05) is 19.3 Å². The highest BCUT2D eigenvalue weighted by molar-refractivity contribution is 5.93. The van der Waals surface area contributed by atoms with Crippen molar-refractivity contribution in [3.8, 4) is 0 Å². The lowest BCUT2D eigenvalue weighted by atomic mass is 9.88. The van der Waals surface area contributed by atoms with E-state index < -0.39 is 5.82 Å². The van der Waals surface area contributed by atoms with Crippen molar-refractivity contribution >= 4 is 23.3 Å². The minimum absolute atomic E-state index is 0.00448. The molecule has 2 rings (SSSR count). The molecular formula is C17H23FN2O3. The molecule has 0 bridgehead atoms. The number of carbonyl (C=O) groups is 2. The van der Waals surface area contributed by atoms with Crippen molar-refractivity contribution in [2.24, 2.45) is 5.92 Å². The molecule has 23 heavy (non-hydrogen) atoms. The van der Waals surface area contributed by atoms with Gasteiger partial charge in [0.1, 0.15) is 12.4 Å². The third-order valence-electron chi connectivity index (χ3n) is 3.94. The molecule has 0 atom stereocenters. The van der Waals surface area contributed by atoms with Crippen molar-refractivity contribution < 1.29 is 18.7 Å². The van der Waals surface area contributed by atoms with Crippen LogP contribution in [0.4, 0.5) is 15.8 Å². The average molecular weight is 322 g/mol. The van der Waals surface area contributed by atoms with Crippen molar-refractivity contribution in [3.63, 3.8) is 0 Å². The van der Waals surface area contributed by atoms with Crippen LogP contribution < -0.4 is 10.6 Å². The molecule has 2 N–H and O–H groups in total. The molecule has 126 valence electrons. The first-order chi connectivity index (χ1) is 11.1. The summed E-state index contributed by atoms with van der Waals surface area (Å²) in [6.07, 6.45) is 4.96. The molecule has 0 spiro atoms. The third-order valence-corrected chi connectivity index (χ3v) is 3.94. The Kier molecular flexibility index (Phi) is 6.38. The van der Waals surface area contributed by atoms with E-state index in [0.717, 1.165) is 32.1 Å². The molecule has 5 nitrogen and oxygen atoms in total. The van der Waals surface area contributed by atoms with Crippen LogP contribution in [0.25, 0.3) is 0 Å². The highest BCUT2D eigenvalue weighted by Crippen LogP contribution is 2.26. The summed E-state index contributed by atoms with van der Waals surface area (Å²) in [5.74, 6) is -1.05. The van der Waals surface area contributed by atoms with Gasteiger partial charge in [0.15, 0.2) is 0 Å². The van der Waals surface area contributed by atoms with Crippen LogP contribution >= 0.6 is 0 Å². The second-order valence-corrected chi connectivity index (χ2v) is 5.68. The smallest absolute Gasteiger partial charge is 0.325 e. The molecule has 0 heterocycles. The number of nitrogens with one attached hydrogen (secondary N) is 2. The van der Waals surface area contributed by atoms with Crippen molar-refractivity contribution in [3.05, 3.63) is 24.0 Å². The van der Waals surface area contributed by atoms with Crippen molar-refractivity contribution in [1.82, 2.24) is 0 Å². The zero-order chi connectivity index (χ0) is 16.7. The first-order valence-electron chi connectivity index (χ1n) is 8.10. The SMILES string of the molecule is CCOC(=O)CNc1ccc(F)c(NC(=O)C2CCCCC2)c1. The van der Waals surface area contributed by atoms with Crippen LogP contribution in [0.1, 0.15) is 39.0 Å². The summed E-state index contributed by atoms with van der Waals surface area (Å²) < 4.78 is 18.7. The standard InChI is InChI=1S/C17H23FN2O3/c1-2-23-16(21)11-19-13-8-9-14(18)15(10-13)20-17(22)12-6-4-3-5-7-12/h8-10,12,19H,2-7,11H2,1H3,(H,20,22). The van der Waals surface area contributed by atoms with Gasteiger partial charge < -0.3 is 15.4 Å². The molecule has 1 saturated carbocycles. The number of halogens is 1. The Morgan fingerprint density at radius 1 is 1.26 bits per heavy atom. The molecule has 1 aromatic rings. The number of esters is 1. The Morgan fingerprint density at radius 2 is 2.00 bits per heavy atom. The van der Waals surface area contributed by atoms with Crippen LogP contribution in [-0.2, 0) is 14.3 Å². The Morgan fingerprint density at radius 3 is 2.70 bits per heavy atom. The average Bonchev–Trinajstić information content (AvgIpc) is 2.56. The molecule has 0 saturated heterocycles. The fraction of sp³-hybridized carbons (Fsp3) is 0.529. The van der Waals surface area contributed by atoms with E-state index in [1.165, 1.54) is 18.2 Å². The van der Waals surface area contributed by atoms with Gasteiger partial charge in [0, 0.05) is 11.6 Å². The maximum atomic E-state index is 13.9. The van der Waals surface area contributed by atoms with Gasteiger partial charge in [0.2, 0.25) is 5.91 Å². The second kappa shape index (κ2) is 8.50. The van der Waals surface area contributed by atoms with E-state index in [-0.39, 0.29) is 30.0 Å². The lowest BCUT2D eigenvalue weighted by Gasteiger charge is -2.21. The summed E-state index contributed by atoms with van der Waals surface area (Å²) in [5.41, 5.74) is 0.688. The quantitative estimate of drug-likeness (QED) is 0.789.